The van der Waals surface area contributed by atoms with Gasteiger partial charge < -0.3 is 14.6 Å². The number of hydrogen-bond donors (Lipinski definition) is 1. The topological polar surface area (TPSA) is 55.8 Å². The maximum atomic E-state index is 12.6. The molecule has 2 aliphatic rings. The average molecular weight is 363 g/mol. The third-order valence-electron chi connectivity index (χ3n) is 4.92. The summed E-state index contributed by atoms with van der Waals surface area (Å²) in [6.07, 6.45) is 1.67. The highest BCUT2D eigenvalue weighted by Gasteiger charge is 2.68. The van der Waals surface area contributed by atoms with Gasteiger partial charge in [0.05, 0.1) is 7.11 Å². The molecule has 1 N–H and O–H groups in total. The molecule has 0 unspecified atom stereocenters. The molecule has 0 radical (unpaired) electrons. The fourth-order valence-electron chi connectivity index (χ4n) is 3.99. The molecule has 0 spiro atoms. The van der Waals surface area contributed by atoms with Crippen molar-refractivity contribution in [1.29, 1.82) is 0 Å². The molecule has 4 rings (SSSR count). The summed E-state index contributed by atoms with van der Waals surface area (Å²) in [5.74, 6) is -1.37. The van der Waals surface area contributed by atoms with Gasteiger partial charge in [-0.05, 0) is 41.8 Å². The summed E-state index contributed by atoms with van der Waals surface area (Å²) in [5, 5.41) is 12.9. The van der Waals surface area contributed by atoms with E-state index in [1.807, 2.05) is 30.3 Å². The van der Waals surface area contributed by atoms with Crippen molar-refractivity contribution < 1.29 is 19.4 Å². The second-order valence-electron chi connectivity index (χ2n) is 5.94. The number of carbonyl (C=O) groups excluding carboxylic acids is 1. The summed E-state index contributed by atoms with van der Waals surface area (Å²) in [6, 6.07) is 9.64. The van der Waals surface area contributed by atoms with Crippen LogP contribution in [0.2, 0.25) is 0 Å². The fraction of sp³-hybridized carbons (Fsp3) is 0.353. The van der Waals surface area contributed by atoms with Gasteiger partial charge in [-0.1, -0.05) is 28.1 Å². The maximum Gasteiger partial charge on any atom is 0.323 e. The van der Waals surface area contributed by atoms with Gasteiger partial charge in [0.25, 0.3) is 0 Å². The molecule has 1 fully saturated rings. The standard InChI is InChI=1S/C17H15BrO4/c1-21-15(19)16-7-2-8-17(16,20)22-13-6-3-10-9-11(18)4-5-12(10)14(13)16/h3-6,9,20H,2,7-8H2,1H3/t16-,17-/m1/s1. The minimum absolute atomic E-state index is 0.425. The third-order valence-corrected chi connectivity index (χ3v) is 5.41. The molecule has 1 aliphatic carbocycles. The number of halogens is 1. The number of fused-ring (bicyclic) bond motifs is 5. The lowest BCUT2D eigenvalue weighted by Gasteiger charge is -2.32. The van der Waals surface area contributed by atoms with Crippen molar-refractivity contribution in [3.8, 4) is 5.75 Å². The lowest BCUT2D eigenvalue weighted by Crippen LogP contribution is -2.52. The van der Waals surface area contributed by atoms with Gasteiger partial charge in [0.1, 0.15) is 5.75 Å². The maximum absolute atomic E-state index is 12.6. The fourth-order valence-corrected chi connectivity index (χ4v) is 4.36. The van der Waals surface area contributed by atoms with E-state index in [2.05, 4.69) is 15.9 Å². The van der Waals surface area contributed by atoms with Crippen molar-refractivity contribution in [2.24, 2.45) is 0 Å². The molecule has 0 saturated heterocycles. The van der Waals surface area contributed by atoms with Crippen molar-refractivity contribution in [2.45, 2.75) is 30.5 Å². The van der Waals surface area contributed by atoms with Gasteiger partial charge in [-0.3, -0.25) is 4.79 Å². The molecule has 2 atom stereocenters. The van der Waals surface area contributed by atoms with Gasteiger partial charge in [-0.25, -0.2) is 0 Å². The van der Waals surface area contributed by atoms with E-state index < -0.39 is 17.2 Å². The monoisotopic (exact) mass is 362 g/mol. The summed E-state index contributed by atoms with van der Waals surface area (Å²) in [6.45, 7) is 0. The molecular weight excluding hydrogens is 348 g/mol. The summed E-state index contributed by atoms with van der Waals surface area (Å²) < 4.78 is 11.8. The van der Waals surface area contributed by atoms with E-state index in [0.717, 1.165) is 27.2 Å². The second-order valence-corrected chi connectivity index (χ2v) is 6.86. The molecule has 0 bridgehead atoms. The first kappa shape index (κ1) is 14.0. The van der Waals surface area contributed by atoms with Crippen LogP contribution in [0.1, 0.15) is 24.8 Å². The molecule has 4 nitrogen and oxygen atoms in total. The van der Waals surface area contributed by atoms with Gasteiger partial charge in [0.15, 0.2) is 5.41 Å². The number of rotatable bonds is 1. The summed E-state index contributed by atoms with van der Waals surface area (Å²) in [5.41, 5.74) is -0.380. The van der Waals surface area contributed by atoms with E-state index in [-0.39, 0.29) is 0 Å². The van der Waals surface area contributed by atoms with Crippen LogP contribution in [0, 0.1) is 0 Å². The summed E-state index contributed by atoms with van der Waals surface area (Å²) in [7, 11) is 1.36. The molecule has 1 saturated carbocycles. The van der Waals surface area contributed by atoms with E-state index in [0.29, 0.717) is 18.6 Å². The largest absolute Gasteiger partial charge is 0.468 e. The van der Waals surface area contributed by atoms with Crippen LogP contribution in [0.3, 0.4) is 0 Å². The molecule has 5 heteroatoms. The Morgan fingerprint density at radius 3 is 2.91 bits per heavy atom. The molecule has 22 heavy (non-hydrogen) atoms. The molecule has 1 heterocycles. The van der Waals surface area contributed by atoms with Crippen molar-refractivity contribution in [3.63, 3.8) is 0 Å². The normalized spacial score (nSPS) is 29.0. The van der Waals surface area contributed by atoms with E-state index >= 15 is 0 Å². The van der Waals surface area contributed by atoms with Crippen LogP contribution in [0.5, 0.6) is 5.75 Å². The van der Waals surface area contributed by atoms with Gasteiger partial charge >= 0.3 is 5.97 Å². The molecule has 2 aromatic carbocycles. The number of aliphatic hydroxyl groups is 1. The highest BCUT2D eigenvalue weighted by atomic mass is 79.9. The van der Waals surface area contributed by atoms with Crippen molar-refractivity contribution >= 4 is 32.7 Å². The Bertz CT molecular complexity index is 803. The zero-order valence-corrected chi connectivity index (χ0v) is 13.6. The smallest absolute Gasteiger partial charge is 0.323 e. The molecule has 1 aliphatic heterocycles. The number of esters is 1. The van der Waals surface area contributed by atoms with Crippen LogP contribution in [0.4, 0.5) is 0 Å². The molecule has 0 aromatic heterocycles. The number of benzene rings is 2. The van der Waals surface area contributed by atoms with E-state index in [1.54, 1.807) is 0 Å². The van der Waals surface area contributed by atoms with Crippen LogP contribution in [0.25, 0.3) is 10.8 Å². The Hall–Kier alpha value is -1.59. The highest BCUT2D eigenvalue weighted by Crippen LogP contribution is 2.59. The zero-order chi connectivity index (χ0) is 15.5. The number of carbonyl (C=O) groups is 1. The minimum atomic E-state index is -1.51. The molecule has 2 aromatic rings. The van der Waals surface area contributed by atoms with Crippen LogP contribution in [-0.2, 0) is 14.9 Å². The predicted octanol–water partition coefficient (Wildman–Crippen LogP) is 3.28. The predicted molar refractivity (Wildman–Crippen MR) is 84.8 cm³/mol. The Kier molecular flexibility index (Phi) is 2.84. The van der Waals surface area contributed by atoms with Crippen molar-refractivity contribution in [2.75, 3.05) is 7.11 Å². The van der Waals surface area contributed by atoms with Gasteiger partial charge in [0, 0.05) is 16.5 Å². The Morgan fingerprint density at radius 1 is 1.32 bits per heavy atom. The summed E-state index contributed by atoms with van der Waals surface area (Å²) in [4.78, 5) is 12.6. The van der Waals surface area contributed by atoms with Gasteiger partial charge in [0.2, 0.25) is 5.79 Å². The van der Waals surface area contributed by atoms with E-state index in [1.165, 1.54) is 7.11 Å². The highest BCUT2D eigenvalue weighted by molar-refractivity contribution is 9.10. The van der Waals surface area contributed by atoms with Crippen LogP contribution >= 0.6 is 15.9 Å². The van der Waals surface area contributed by atoms with Crippen molar-refractivity contribution in [1.82, 2.24) is 0 Å². The van der Waals surface area contributed by atoms with Crippen LogP contribution < -0.4 is 4.74 Å². The van der Waals surface area contributed by atoms with Crippen molar-refractivity contribution in [3.05, 3.63) is 40.4 Å². The SMILES string of the molecule is COC(=O)[C@]12CCC[C@@]1(O)Oc1ccc3cc(Br)ccc3c12. The lowest BCUT2D eigenvalue weighted by molar-refractivity contribution is -0.185. The minimum Gasteiger partial charge on any atom is -0.468 e. The lowest BCUT2D eigenvalue weighted by atomic mass is 9.74. The number of methoxy groups -OCH3 is 1. The van der Waals surface area contributed by atoms with Crippen LogP contribution in [-0.4, -0.2) is 24.0 Å². The van der Waals surface area contributed by atoms with E-state index in [4.69, 9.17) is 9.47 Å². The first-order valence-corrected chi connectivity index (χ1v) is 8.04. The Balaban J connectivity index is 2.09. The first-order chi connectivity index (χ1) is 10.5. The second kappa shape index (κ2) is 4.46. The zero-order valence-electron chi connectivity index (χ0n) is 12.1. The Labute approximate surface area is 136 Å². The van der Waals surface area contributed by atoms with E-state index in [9.17, 15) is 9.90 Å². The molecular formula is C17H15BrO4. The van der Waals surface area contributed by atoms with Gasteiger partial charge in [-0.2, -0.15) is 0 Å². The first-order valence-electron chi connectivity index (χ1n) is 7.24. The Morgan fingerprint density at radius 2 is 2.14 bits per heavy atom. The molecule has 114 valence electrons. The van der Waals surface area contributed by atoms with Crippen LogP contribution in [0.15, 0.2) is 34.8 Å². The molecule has 0 amide bonds. The third kappa shape index (κ3) is 1.53. The quantitative estimate of drug-likeness (QED) is 0.791. The van der Waals surface area contributed by atoms with Gasteiger partial charge in [-0.15, -0.1) is 0 Å². The summed E-state index contributed by atoms with van der Waals surface area (Å²) >= 11 is 3.46. The number of hydrogen-bond acceptors (Lipinski definition) is 4. The number of ether oxygens (including phenoxy) is 2. The average Bonchev–Trinajstić information content (AvgIpc) is 2.95.